The molecule has 2 atom stereocenters. The minimum Gasteiger partial charge on any atom is -0.349 e. The van der Waals surface area contributed by atoms with Crippen LogP contribution in [-0.4, -0.2) is 52.9 Å². The van der Waals surface area contributed by atoms with E-state index in [2.05, 4.69) is 20.6 Å². The van der Waals surface area contributed by atoms with Crippen molar-refractivity contribution in [3.63, 3.8) is 0 Å². The molecule has 3 rings (SSSR count). The summed E-state index contributed by atoms with van der Waals surface area (Å²) in [6.45, 7) is 4.07. The fraction of sp³-hybridized carbons (Fsp3) is 0.429. The molecule has 2 N–H and O–H groups in total. The number of nitrogens with zero attached hydrogens (tertiary/aromatic N) is 2. The molecule has 29 heavy (non-hydrogen) atoms. The van der Waals surface area contributed by atoms with Gasteiger partial charge in [0.15, 0.2) is 5.79 Å². The van der Waals surface area contributed by atoms with E-state index in [-0.39, 0.29) is 37.9 Å². The van der Waals surface area contributed by atoms with Crippen LogP contribution in [0.4, 0.5) is 0 Å². The fourth-order valence-electron chi connectivity index (χ4n) is 3.03. The molecular formula is C21H26N4O4. The van der Waals surface area contributed by atoms with E-state index >= 15 is 0 Å². The number of rotatable bonds is 6. The van der Waals surface area contributed by atoms with Gasteiger partial charge in [-0.2, -0.15) is 0 Å². The molecule has 0 spiro atoms. The molecule has 1 saturated heterocycles. The van der Waals surface area contributed by atoms with Crippen molar-refractivity contribution in [3.8, 4) is 0 Å². The van der Waals surface area contributed by atoms with Gasteiger partial charge in [0.1, 0.15) is 0 Å². The fourth-order valence-corrected chi connectivity index (χ4v) is 3.03. The predicted octanol–water partition coefficient (Wildman–Crippen LogP) is 1.01. The second-order valence-corrected chi connectivity index (χ2v) is 7.45. The van der Waals surface area contributed by atoms with Gasteiger partial charge < -0.3 is 20.1 Å². The highest BCUT2D eigenvalue weighted by Crippen LogP contribution is 2.18. The minimum absolute atomic E-state index is 0.169. The Hall–Kier alpha value is -2.84. The molecular weight excluding hydrogens is 372 g/mol. The Morgan fingerprint density at radius 1 is 0.931 bits per heavy atom. The number of hydrogen-bond acceptors (Lipinski definition) is 6. The van der Waals surface area contributed by atoms with Gasteiger partial charge in [-0.3, -0.25) is 19.6 Å². The van der Waals surface area contributed by atoms with Crippen LogP contribution < -0.4 is 10.6 Å². The summed E-state index contributed by atoms with van der Waals surface area (Å²) >= 11 is 0. The van der Waals surface area contributed by atoms with Crippen molar-refractivity contribution in [2.24, 2.45) is 0 Å². The van der Waals surface area contributed by atoms with Crippen LogP contribution in [-0.2, 0) is 31.9 Å². The Morgan fingerprint density at radius 3 is 1.76 bits per heavy atom. The van der Waals surface area contributed by atoms with Crippen molar-refractivity contribution in [1.29, 1.82) is 0 Å². The van der Waals surface area contributed by atoms with E-state index in [9.17, 15) is 9.59 Å². The SMILES string of the molecule is CC1(C)OC[C@H](NC(=O)Cc2cccnc2)[C@H](NC(=O)Cc2cccnc2)CO1. The molecule has 0 radical (unpaired) electrons. The first-order valence-corrected chi connectivity index (χ1v) is 9.56. The Kier molecular flexibility index (Phi) is 6.90. The second-order valence-electron chi connectivity index (χ2n) is 7.45. The molecule has 1 aliphatic rings. The van der Waals surface area contributed by atoms with Gasteiger partial charge in [-0.05, 0) is 37.1 Å². The average molecular weight is 398 g/mol. The molecule has 2 amide bonds. The second kappa shape index (κ2) is 9.58. The average Bonchev–Trinajstić information content (AvgIpc) is 2.83. The molecule has 0 unspecified atom stereocenters. The van der Waals surface area contributed by atoms with Crippen molar-refractivity contribution < 1.29 is 19.1 Å². The highest BCUT2D eigenvalue weighted by Gasteiger charge is 2.34. The zero-order valence-electron chi connectivity index (χ0n) is 16.6. The lowest BCUT2D eigenvalue weighted by molar-refractivity contribution is -0.201. The summed E-state index contributed by atoms with van der Waals surface area (Å²) in [6.07, 6.45) is 7.03. The third kappa shape index (κ3) is 6.62. The molecule has 3 heterocycles. The standard InChI is InChI=1S/C21H26N4O4/c1-21(2)28-13-17(24-19(26)9-15-5-3-7-22-11-15)18(14-29-21)25-20(27)10-16-6-4-8-23-12-16/h3-8,11-12,17-18H,9-10,13-14H2,1-2H3,(H,24,26)(H,25,27)/t17-,18+. The summed E-state index contributed by atoms with van der Waals surface area (Å²) in [5.41, 5.74) is 1.63. The molecule has 154 valence electrons. The van der Waals surface area contributed by atoms with E-state index in [4.69, 9.17) is 9.47 Å². The zero-order chi connectivity index (χ0) is 20.7. The molecule has 2 aromatic heterocycles. The van der Waals surface area contributed by atoms with E-state index in [1.54, 1.807) is 50.8 Å². The summed E-state index contributed by atoms with van der Waals surface area (Å²) in [6, 6.07) is 6.42. The number of aromatic nitrogens is 2. The number of nitrogens with one attached hydrogen (secondary N) is 2. The first-order chi connectivity index (χ1) is 13.9. The zero-order valence-corrected chi connectivity index (χ0v) is 16.6. The van der Waals surface area contributed by atoms with E-state index in [1.807, 2.05) is 12.1 Å². The van der Waals surface area contributed by atoms with E-state index < -0.39 is 17.9 Å². The lowest BCUT2D eigenvalue weighted by atomic mass is 10.1. The summed E-state index contributed by atoms with van der Waals surface area (Å²) in [4.78, 5) is 33.1. The normalized spacial score (nSPS) is 21.0. The van der Waals surface area contributed by atoms with Gasteiger partial charge in [-0.1, -0.05) is 12.1 Å². The highest BCUT2D eigenvalue weighted by atomic mass is 16.7. The number of hydrogen-bond donors (Lipinski definition) is 2. The van der Waals surface area contributed by atoms with Gasteiger partial charge in [-0.15, -0.1) is 0 Å². The van der Waals surface area contributed by atoms with Crippen LogP contribution in [0.25, 0.3) is 0 Å². The van der Waals surface area contributed by atoms with Crippen LogP contribution in [0.2, 0.25) is 0 Å². The van der Waals surface area contributed by atoms with Crippen LogP contribution >= 0.6 is 0 Å². The third-order valence-electron chi connectivity index (χ3n) is 4.57. The quantitative estimate of drug-likeness (QED) is 0.753. The molecule has 0 aliphatic carbocycles. The number of ether oxygens (including phenoxy) is 2. The van der Waals surface area contributed by atoms with Crippen molar-refractivity contribution in [1.82, 2.24) is 20.6 Å². The highest BCUT2D eigenvalue weighted by molar-refractivity contribution is 5.80. The molecule has 0 aromatic carbocycles. The molecule has 1 aliphatic heterocycles. The van der Waals surface area contributed by atoms with Crippen LogP contribution in [0, 0.1) is 0 Å². The van der Waals surface area contributed by atoms with Gasteiger partial charge in [0.2, 0.25) is 11.8 Å². The van der Waals surface area contributed by atoms with Gasteiger partial charge in [0.25, 0.3) is 0 Å². The van der Waals surface area contributed by atoms with E-state index in [0.29, 0.717) is 0 Å². The third-order valence-corrected chi connectivity index (χ3v) is 4.57. The smallest absolute Gasteiger partial charge is 0.224 e. The predicted molar refractivity (Wildman–Crippen MR) is 106 cm³/mol. The Morgan fingerprint density at radius 2 is 1.38 bits per heavy atom. The van der Waals surface area contributed by atoms with Gasteiger partial charge >= 0.3 is 0 Å². The topological polar surface area (TPSA) is 102 Å². The molecule has 8 nitrogen and oxygen atoms in total. The lowest BCUT2D eigenvalue weighted by Gasteiger charge is -2.25. The maximum atomic E-state index is 12.5. The van der Waals surface area contributed by atoms with Crippen molar-refractivity contribution in [2.75, 3.05) is 13.2 Å². The monoisotopic (exact) mass is 398 g/mol. The minimum atomic E-state index is -0.796. The van der Waals surface area contributed by atoms with Crippen molar-refractivity contribution in [3.05, 3.63) is 60.2 Å². The number of pyridine rings is 2. The largest absolute Gasteiger partial charge is 0.349 e. The maximum Gasteiger partial charge on any atom is 0.224 e. The number of carbonyl (C=O) groups is 2. The molecule has 8 heteroatoms. The number of amides is 2. The summed E-state index contributed by atoms with van der Waals surface area (Å²) in [5.74, 6) is -1.13. The molecule has 2 aromatic rings. The summed E-state index contributed by atoms with van der Waals surface area (Å²) < 4.78 is 11.5. The summed E-state index contributed by atoms with van der Waals surface area (Å²) in [5, 5.41) is 5.93. The maximum absolute atomic E-state index is 12.5. The van der Waals surface area contributed by atoms with Crippen LogP contribution in [0.5, 0.6) is 0 Å². The van der Waals surface area contributed by atoms with E-state index in [1.165, 1.54) is 0 Å². The van der Waals surface area contributed by atoms with Crippen molar-refractivity contribution in [2.45, 2.75) is 44.6 Å². The van der Waals surface area contributed by atoms with Gasteiger partial charge in [0, 0.05) is 24.8 Å². The van der Waals surface area contributed by atoms with Crippen LogP contribution in [0.15, 0.2) is 49.1 Å². The summed E-state index contributed by atoms with van der Waals surface area (Å²) in [7, 11) is 0. The Labute approximate surface area is 170 Å². The lowest BCUT2D eigenvalue weighted by Crippen LogP contribution is -2.55. The van der Waals surface area contributed by atoms with Crippen LogP contribution in [0.1, 0.15) is 25.0 Å². The first-order valence-electron chi connectivity index (χ1n) is 9.56. The Bertz CT molecular complexity index is 746. The van der Waals surface area contributed by atoms with Gasteiger partial charge in [-0.25, -0.2) is 0 Å². The Balaban J connectivity index is 1.64. The first kappa shape index (κ1) is 20.9. The molecule has 1 fully saturated rings. The number of carbonyl (C=O) groups excluding carboxylic acids is 2. The van der Waals surface area contributed by atoms with E-state index in [0.717, 1.165) is 11.1 Å². The van der Waals surface area contributed by atoms with Crippen LogP contribution in [0.3, 0.4) is 0 Å². The van der Waals surface area contributed by atoms with Crippen molar-refractivity contribution >= 4 is 11.8 Å². The molecule has 0 bridgehead atoms. The van der Waals surface area contributed by atoms with Gasteiger partial charge in [0.05, 0.1) is 38.1 Å². The molecule has 0 saturated carbocycles.